The van der Waals surface area contributed by atoms with Crippen LogP contribution >= 0.6 is 12.2 Å². The molecule has 1 heterocycles. The van der Waals surface area contributed by atoms with Gasteiger partial charge in [0.05, 0.1) is 11.4 Å². The second kappa shape index (κ2) is 3.35. The standard InChI is InChI=1S/C12H14N2S/c1-4-14-10-6-8-12(2,3)7-5-9(10)13-11(14)15/h4-8H,1H2,2-3H3,(H,13,15). The van der Waals surface area contributed by atoms with E-state index < -0.39 is 0 Å². The second-order valence-electron chi connectivity index (χ2n) is 4.27. The minimum absolute atomic E-state index is 0.0838. The molecule has 0 bridgehead atoms. The maximum atomic E-state index is 5.19. The van der Waals surface area contributed by atoms with E-state index >= 15 is 0 Å². The summed E-state index contributed by atoms with van der Waals surface area (Å²) in [4.78, 5) is 3.16. The van der Waals surface area contributed by atoms with Crippen LogP contribution < -0.4 is 0 Å². The maximum Gasteiger partial charge on any atom is 0.182 e. The third kappa shape index (κ3) is 1.75. The average Bonchev–Trinajstić information content (AvgIpc) is 2.40. The van der Waals surface area contributed by atoms with Crippen molar-refractivity contribution in [2.75, 3.05) is 0 Å². The Morgan fingerprint density at radius 2 is 2.07 bits per heavy atom. The predicted molar refractivity (Wildman–Crippen MR) is 67.9 cm³/mol. The van der Waals surface area contributed by atoms with E-state index in [1.165, 1.54) is 0 Å². The van der Waals surface area contributed by atoms with Gasteiger partial charge in [0, 0.05) is 11.6 Å². The molecule has 0 saturated heterocycles. The van der Waals surface area contributed by atoms with Gasteiger partial charge in [-0.05, 0) is 24.4 Å². The molecule has 0 aliphatic heterocycles. The molecule has 15 heavy (non-hydrogen) atoms. The molecule has 1 aromatic heterocycles. The SMILES string of the molecule is C=Cn1c2c([nH]c1=S)C=CC(C)(C)C=C2. The van der Waals surface area contributed by atoms with Gasteiger partial charge in [0.2, 0.25) is 0 Å². The van der Waals surface area contributed by atoms with Gasteiger partial charge in [-0.2, -0.15) is 0 Å². The van der Waals surface area contributed by atoms with Crippen molar-refractivity contribution in [1.82, 2.24) is 9.55 Å². The Morgan fingerprint density at radius 1 is 1.40 bits per heavy atom. The molecule has 3 heteroatoms. The van der Waals surface area contributed by atoms with E-state index in [9.17, 15) is 0 Å². The van der Waals surface area contributed by atoms with E-state index in [2.05, 4.69) is 49.7 Å². The van der Waals surface area contributed by atoms with Crippen molar-refractivity contribution in [1.29, 1.82) is 0 Å². The lowest BCUT2D eigenvalue weighted by Crippen LogP contribution is -2.00. The first kappa shape index (κ1) is 10.2. The average molecular weight is 218 g/mol. The van der Waals surface area contributed by atoms with Gasteiger partial charge in [-0.1, -0.05) is 32.6 Å². The van der Waals surface area contributed by atoms with Gasteiger partial charge in [-0.25, -0.2) is 0 Å². The van der Waals surface area contributed by atoms with Crippen molar-refractivity contribution in [2.45, 2.75) is 13.8 Å². The van der Waals surface area contributed by atoms with Crippen LogP contribution in [0.15, 0.2) is 18.7 Å². The molecular weight excluding hydrogens is 204 g/mol. The van der Waals surface area contributed by atoms with Crippen LogP contribution in [0.5, 0.6) is 0 Å². The number of nitrogens with zero attached hydrogens (tertiary/aromatic N) is 1. The summed E-state index contributed by atoms with van der Waals surface area (Å²) in [6.07, 6.45) is 10.2. The normalized spacial score (nSPS) is 17.2. The van der Waals surface area contributed by atoms with E-state index in [4.69, 9.17) is 12.2 Å². The smallest absolute Gasteiger partial charge is 0.182 e. The summed E-state index contributed by atoms with van der Waals surface area (Å²) >= 11 is 5.19. The second-order valence-corrected chi connectivity index (χ2v) is 4.66. The Balaban J connectivity index is 2.66. The number of hydrogen-bond acceptors (Lipinski definition) is 1. The van der Waals surface area contributed by atoms with Crippen LogP contribution in [0.25, 0.3) is 18.4 Å². The van der Waals surface area contributed by atoms with Crippen molar-refractivity contribution in [3.63, 3.8) is 0 Å². The third-order valence-electron chi connectivity index (χ3n) is 2.53. The Kier molecular flexibility index (Phi) is 2.27. The molecule has 0 spiro atoms. The van der Waals surface area contributed by atoms with Gasteiger partial charge in [-0.3, -0.25) is 4.57 Å². The highest BCUT2D eigenvalue weighted by molar-refractivity contribution is 7.71. The highest BCUT2D eigenvalue weighted by Gasteiger charge is 2.15. The van der Waals surface area contributed by atoms with Crippen molar-refractivity contribution in [2.24, 2.45) is 5.41 Å². The lowest BCUT2D eigenvalue weighted by molar-refractivity contribution is 0.633. The van der Waals surface area contributed by atoms with Crippen LogP contribution in [-0.4, -0.2) is 9.55 Å². The number of aromatic nitrogens is 2. The van der Waals surface area contributed by atoms with Gasteiger partial charge < -0.3 is 4.98 Å². The number of fused-ring (bicyclic) bond motifs is 1. The molecule has 0 radical (unpaired) electrons. The number of allylic oxidation sites excluding steroid dienone is 2. The Hall–Kier alpha value is -1.35. The monoisotopic (exact) mass is 218 g/mol. The lowest BCUT2D eigenvalue weighted by atomic mass is 9.93. The topological polar surface area (TPSA) is 20.7 Å². The first-order valence-electron chi connectivity index (χ1n) is 4.89. The van der Waals surface area contributed by atoms with Crippen LogP contribution in [-0.2, 0) is 0 Å². The number of nitrogens with one attached hydrogen (secondary N) is 1. The quantitative estimate of drug-likeness (QED) is 0.713. The summed E-state index contributed by atoms with van der Waals surface area (Å²) in [5.74, 6) is 0. The molecule has 78 valence electrons. The van der Waals surface area contributed by atoms with Crippen LogP contribution in [0, 0.1) is 10.2 Å². The molecule has 0 fully saturated rings. The summed E-state index contributed by atoms with van der Waals surface area (Å²) in [5.41, 5.74) is 2.19. The minimum Gasteiger partial charge on any atom is -0.330 e. The number of imidazole rings is 1. The summed E-state index contributed by atoms with van der Waals surface area (Å²) in [7, 11) is 0. The van der Waals surface area contributed by atoms with E-state index in [1.807, 2.05) is 4.57 Å². The lowest BCUT2D eigenvalue weighted by Gasteiger charge is -2.12. The van der Waals surface area contributed by atoms with Crippen molar-refractivity contribution >= 4 is 30.6 Å². The fourth-order valence-electron chi connectivity index (χ4n) is 1.60. The zero-order valence-corrected chi connectivity index (χ0v) is 9.77. The third-order valence-corrected chi connectivity index (χ3v) is 2.83. The molecule has 0 amide bonds. The number of rotatable bonds is 1. The maximum absolute atomic E-state index is 5.19. The van der Waals surface area contributed by atoms with Crippen LogP contribution in [0.2, 0.25) is 0 Å². The number of H-pyrrole nitrogens is 1. The summed E-state index contributed by atoms with van der Waals surface area (Å²) in [5, 5.41) is 0. The minimum atomic E-state index is 0.0838. The predicted octanol–water partition coefficient (Wildman–Crippen LogP) is 3.71. The van der Waals surface area contributed by atoms with Gasteiger partial charge in [-0.15, -0.1) is 0 Å². The highest BCUT2D eigenvalue weighted by Crippen LogP contribution is 2.27. The Labute approximate surface area is 94.6 Å². The number of aromatic amines is 1. The molecule has 2 nitrogen and oxygen atoms in total. The van der Waals surface area contributed by atoms with Gasteiger partial charge in [0.15, 0.2) is 4.77 Å². The first-order valence-corrected chi connectivity index (χ1v) is 5.30. The van der Waals surface area contributed by atoms with E-state index in [0.717, 1.165) is 11.4 Å². The van der Waals surface area contributed by atoms with Gasteiger partial charge in [0.25, 0.3) is 0 Å². The van der Waals surface area contributed by atoms with Crippen molar-refractivity contribution in [3.05, 3.63) is 34.9 Å². The Morgan fingerprint density at radius 3 is 2.73 bits per heavy atom. The molecule has 1 N–H and O–H groups in total. The molecule has 2 rings (SSSR count). The fraction of sp³-hybridized carbons (Fsp3) is 0.250. The molecule has 0 unspecified atom stereocenters. The molecule has 0 saturated carbocycles. The molecule has 0 atom stereocenters. The van der Waals surface area contributed by atoms with E-state index in [-0.39, 0.29) is 5.41 Å². The summed E-state index contributed by atoms with van der Waals surface area (Å²) in [6.45, 7) is 8.09. The van der Waals surface area contributed by atoms with E-state index in [1.54, 1.807) is 6.20 Å². The number of hydrogen-bond donors (Lipinski definition) is 1. The van der Waals surface area contributed by atoms with Crippen molar-refractivity contribution in [3.8, 4) is 0 Å². The van der Waals surface area contributed by atoms with E-state index in [0.29, 0.717) is 4.77 Å². The van der Waals surface area contributed by atoms with Crippen LogP contribution in [0.4, 0.5) is 0 Å². The van der Waals surface area contributed by atoms with Gasteiger partial charge >= 0.3 is 0 Å². The zero-order chi connectivity index (χ0) is 11.1. The molecule has 0 aromatic carbocycles. The Bertz CT molecular complexity index is 512. The zero-order valence-electron chi connectivity index (χ0n) is 8.95. The molecule has 1 aromatic rings. The molecule has 1 aliphatic rings. The first-order chi connectivity index (χ1) is 7.03. The van der Waals surface area contributed by atoms with Crippen molar-refractivity contribution < 1.29 is 0 Å². The molecular formula is C12H14N2S. The fourth-order valence-corrected chi connectivity index (χ4v) is 1.89. The van der Waals surface area contributed by atoms with Crippen LogP contribution in [0.3, 0.4) is 0 Å². The largest absolute Gasteiger partial charge is 0.330 e. The summed E-state index contributed by atoms with van der Waals surface area (Å²) < 4.78 is 2.57. The van der Waals surface area contributed by atoms with Gasteiger partial charge in [0.1, 0.15) is 0 Å². The molecule has 1 aliphatic carbocycles. The van der Waals surface area contributed by atoms with Crippen LogP contribution in [0.1, 0.15) is 25.2 Å². The highest BCUT2D eigenvalue weighted by atomic mass is 32.1. The summed E-state index contributed by atoms with van der Waals surface area (Å²) in [6, 6.07) is 0.